The molecule has 1 aliphatic rings. The Labute approximate surface area is 168 Å². The molecular weight excluding hydrogens is 377 g/mol. The number of fused-ring (bicyclic) bond motifs is 1. The SMILES string of the molecule is CN1Cc2c(Cl)cc(Cl)cc2[C@H](c2cccc(-c3ccnc(C#N)c3)c2)C1. The maximum atomic E-state index is 9.11. The van der Waals surface area contributed by atoms with Crippen LogP contribution in [0, 0.1) is 11.3 Å². The van der Waals surface area contributed by atoms with Crippen LogP contribution in [0.5, 0.6) is 0 Å². The van der Waals surface area contributed by atoms with Crippen LogP contribution in [0.15, 0.2) is 54.7 Å². The largest absolute Gasteiger partial charge is 0.301 e. The van der Waals surface area contributed by atoms with Gasteiger partial charge in [0.1, 0.15) is 11.8 Å². The Morgan fingerprint density at radius 1 is 1.11 bits per heavy atom. The zero-order chi connectivity index (χ0) is 19.0. The van der Waals surface area contributed by atoms with Gasteiger partial charge in [-0.1, -0.05) is 47.5 Å². The monoisotopic (exact) mass is 393 g/mol. The summed E-state index contributed by atoms with van der Waals surface area (Å²) in [5.41, 5.74) is 6.00. The molecule has 0 saturated carbocycles. The van der Waals surface area contributed by atoms with E-state index in [1.807, 2.05) is 24.3 Å². The molecule has 0 saturated heterocycles. The van der Waals surface area contributed by atoms with Crippen molar-refractivity contribution >= 4 is 23.2 Å². The Balaban J connectivity index is 1.80. The Kier molecular flexibility index (Phi) is 4.88. The van der Waals surface area contributed by atoms with Gasteiger partial charge >= 0.3 is 0 Å². The van der Waals surface area contributed by atoms with Crippen molar-refractivity contribution in [2.75, 3.05) is 13.6 Å². The average molecular weight is 394 g/mol. The lowest BCUT2D eigenvalue weighted by Gasteiger charge is -2.33. The zero-order valence-corrected chi connectivity index (χ0v) is 16.3. The standard InChI is InChI=1S/C22H17Cl2N3/c1-27-12-20(19-9-17(23)10-22(24)21(19)13-27)16-4-2-3-14(7-16)15-5-6-26-18(8-15)11-25/h2-10,20H,12-13H2,1H3/t20-/m0/s1. The number of rotatable bonds is 2. The van der Waals surface area contributed by atoms with Gasteiger partial charge in [0.2, 0.25) is 0 Å². The third-order valence-electron chi connectivity index (χ3n) is 4.99. The molecular formula is C22H17Cl2N3. The van der Waals surface area contributed by atoms with Gasteiger partial charge in [-0.15, -0.1) is 0 Å². The van der Waals surface area contributed by atoms with Gasteiger partial charge in [-0.05, 0) is 59.1 Å². The number of hydrogen-bond donors (Lipinski definition) is 0. The van der Waals surface area contributed by atoms with Crippen LogP contribution < -0.4 is 0 Å². The summed E-state index contributed by atoms with van der Waals surface area (Å²) in [7, 11) is 2.10. The van der Waals surface area contributed by atoms with Crippen molar-refractivity contribution in [3.8, 4) is 17.2 Å². The van der Waals surface area contributed by atoms with E-state index in [-0.39, 0.29) is 5.92 Å². The molecule has 0 amide bonds. The topological polar surface area (TPSA) is 39.9 Å². The summed E-state index contributed by atoms with van der Waals surface area (Å²) in [6.07, 6.45) is 1.67. The van der Waals surface area contributed by atoms with Crippen LogP contribution in [0.25, 0.3) is 11.1 Å². The normalized spacial score (nSPS) is 16.6. The Morgan fingerprint density at radius 2 is 1.93 bits per heavy atom. The zero-order valence-electron chi connectivity index (χ0n) is 14.8. The minimum absolute atomic E-state index is 0.187. The molecule has 0 N–H and O–H groups in total. The van der Waals surface area contributed by atoms with Crippen molar-refractivity contribution in [3.05, 3.63) is 87.2 Å². The fourth-order valence-electron chi connectivity index (χ4n) is 3.74. The minimum Gasteiger partial charge on any atom is -0.301 e. The number of nitrogens with zero attached hydrogens (tertiary/aromatic N) is 3. The lowest BCUT2D eigenvalue weighted by atomic mass is 9.84. The number of nitriles is 1. The van der Waals surface area contributed by atoms with Gasteiger partial charge in [0.15, 0.2) is 0 Å². The molecule has 2 heterocycles. The third-order valence-corrected chi connectivity index (χ3v) is 5.54. The fourth-order valence-corrected chi connectivity index (χ4v) is 4.31. The summed E-state index contributed by atoms with van der Waals surface area (Å²) in [6.45, 7) is 1.71. The maximum Gasteiger partial charge on any atom is 0.141 e. The molecule has 1 aromatic heterocycles. The van der Waals surface area contributed by atoms with E-state index in [1.54, 1.807) is 6.20 Å². The molecule has 3 aromatic rings. The van der Waals surface area contributed by atoms with Crippen molar-refractivity contribution in [1.29, 1.82) is 5.26 Å². The molecule has 2 aromatic carbocycles. The highest BCUT2D eigenvalue weighted by Gasteiger charge is 2.27. The summed E-state index contributed by atoms with van der Waals surface area (Å²) in [5, 5.41) is 10.5. The van der Waals surface area contributed by atoms with Gasteiger partial charge in [0.05, 0.1) is 0 Å². The molecule has 1 atom stereocenters. The number of pyridine rings is 1. The fraction of sp³-hybridized carbons (Fsp3) is 0.182. The van der Waals surface area contributed by atoms with E-state index >= 15 is 0 Å². The van der Waals surface area contributed by atoms with Crippen LogP contribution >= 0.6 is 23.2 Å². The highest BCUT2D eigenvalue weighted by Crippen LogP contribution is 2.39. The highest BCUT2D eigenvalue weighted by atomic mass is 35.5. The number of hydrogen-bond acceptors (Lipinski definition) is 3. The van der Waals surface area contributed by atoms with Crippen molar-refractivity contribution in [1.82, 2.24) is 9.88 Å². The number of likely N-dealkylation sites (N-methyl/N-ethyl adjacent to an activating group) is 1. The van der Waals surface area contributed by atoms with Crippen LogP contribution in [0.3, 0.4) is 0 Å². The molecule has 0 fully saturated rings. The molecule has 5 heteroatoms. The lowest BCUT2D eigenvalue weighted by Crippen LogP contribution is -2.31. The summed E-state index contributed by atoms with van der Waals surface area (Å²) < 4.78 is 0. The van der Waals surface area contributed by atoms with E-state index in [4.69, 9.17) is 28.5 Å². The van der Waals surface area contributed by atoms with E-state index in [2.05, 4.69) is 47.3 Å². The molecule has 3 nitrogen and oxygen atoms in total. The van der Waals surface area contributed by atoms with Crippen molar-refractivity contribution < 1.29 is 0 Å². The van der Waals surface area contributed by atoms with E-state index in [1.165, 1.54) is 11.1 Å². The molecule has 27 heavy (non-hydrogen) atoms. The van der Waals surface area contributed by atoms with Crippen LogP contribution in [0.1, 0.15) is 28.3 Å². The molecule has 0 bridgehead atoms. The summed E-state index contributed by atoms with van der Waals surface area (Å²) in [6, 6.07) is 18.1. The van der Waals surface area contributed by atoms with Crippen LogP contribution in [0.2, 0.25) is 10.0 Å². The Morgan fingerprint density at radius 3 is 2.74 bits per heavy atom. The van der Waals surface area contributed by atoms with Crippen LogP contribution in [-0.2, 0) is 6.54 Å². The maximum absolute atomic E-state index is 9.11. The average Bonchev–Trinajstić information content (AvgIpc) is 2.68. The molecule has 134 valence electrons. The van der Waals surface area contributed by atoms with E-state index in [9.17, 15) is 0 Å². The van der Waals surface area contributed by atoms with Gasteiger partial charge in [0.25, 0.3) is 0 Å². The third kappa shape index (κ3) is 3.57. The van der Waals surface area contributed by atoms with Gasteiger partial charge in [0, 0.05) is 35.2 Å². The minimum atomic E-state index is 0.187. The molecule has 4 rings (SSSR count). The van der Waals surface area contributed by atoms with Gasteiger partial charge < -0.3 is 4.90 Å². The van der Waals surface area contributed by atoms with E-state index < -0.39 is 0 Å². The Hall–Kier alpha value is -2.38. The first kappa shape index (κ1) is 18.0. The van der Waals surface area contributed by atoms with E-state index in [0.717, 1.165) is 34.8 Å². The quantitative estimate of drug-likeness (QED) is 0.576. The molecule has 0 radical (unpaired) electrons. The molecule has 0 unspecified atom stereocenters. The van der Waals surface area contributed by atoms with Crippen LogP contribution in [-0.4, -0.2) is 23.5 Å². The van der Waals surface area contributed by atoms with Gasteiger partial charge in [-0.2, -0.15) is 5.26 Å². The van der Waals surface area contributed by atoms with Crippen molar-refractivity contribution in [3.63, 3.8) is 0 Å². The second kappa shape index (κ2) is 7.32. The van der Waals surface area contributed by atoms with Crippen molar-refractivity contribution in [2.45, 2.75) is 12.5 Å². The van der Waals surface area contributed by atoms with Gasteiger partial charge in [-0.3, -0.25) is 0 Å². The first-order valence-corrected chi connectivity index (χ1v) is 9.43. The van der Waals surface area contributed by atoms with E-state index in [0.29, 0.717) is 10.7 Å². The summed E-state index contributed by atoms with van der Waals surface area (Å²) >= 11 is 12.8. The second-order valence-corrected chi connectivity index (χ2v) is 7.72. The molecule has 0 aliphatic carbocycles. The smallest absolute Gasteiger partial charge is 0.141 e. The number of halogens is 2. The van der Waals surface area contributed by atoms with Gasteiger partial charge in [-0.25, -0.2) is 4.98 Å². The molecule has 0 spiro atoms. The van der Waals surface area contributed by atoms with Crippen molar-refractivity contribution in [2.24, 2.45) is 0 Å². The number of benzene rings is 2. The first-order valence-electron chi connectivity index (χ1n) is 8.68. The lowest BCUT2D eigenvalue weighted by molar-refractivity contribution is 0.295. The predicted octanol–water partition coefficient (Wildman–Crippen LogP) is 5.50. The summed E-state index contributed by atoms with van der Waals surface area (Å²) in [5.74, 6) is 0.187. The van der Waals surface area contributed by atoms with Crippen LogP contribution in [0.4, 0.5) is 0 Å². The second-order valence-electron chi connectivity index (χ2n) is 6.87. The highest BCUT2D eigenvalue weighted by molar-refractivity contribution is 6.35. The summed E-state index contributed by atoms with van der Waals surface area (Å²) in [4.78, 5) is 6.34. The molecule has 1 aliphatic heterocycles. The Bertz CT molecular complexity index is 1060. The predicted molar refractivity (Wildman–Crippen MR) is 109 cm³/mol. The first-order chi connectivity index (χ1) is 13.0. The number of aromatic nitrogens is 1.